The number of aromatic nitrogens is 4. The van der Waals surface area contributed by atoms with E-state index in [9.17, 15) is 4.79 Å². The minimum Gasteiger partial charge on any atom is -0.465 e. The lowest BCUT2D eigenvalue weighted by atomic mass is 10.4. The van der Waals surface area contributed by atoms with Gasteiger partial charge >= 0.3 is 5.97 Å². The molecule has 0 aliphatic carbocycles. The molecule has 0 bridgehead atoms. The van der Waals surface area contributed by atoms with Crippen molar-refractivity contribution in [1.29, 1.82) is 0 Å². The highest BCUT2D eigenvalue weighted by atomic mass is 32.1. The first-order chi connectivity index (χ1) is 6.81. The third kappa shape index (κ3) is 1.49. The summed E-state index contributed by atoms with van der Waals surface area (Å²) >= 11 is 1.26. The maximum Gasteiger partial charge on any atom is 0.348 e. The average Bonchev–Trinajstić information content (AvgIpc) is 2.86. The van der Waals surface area contributed by atoms with Gasteiger partial charge in [0.15, 0.2) is 0 Å². The zero-order valence-electron chi connectivity index (χ0n) is 7.22. The van der Waals surface area contributed by atoms with Crippen LogP contribution in [0.3, 0.4) is 0 Å². The number of H-pyrrole nitrogens is 1. The first-order valence-electron chi connectivity index (χ1n) is 3.73. The van der Waals surface area contributed by atoms with Crippen LogP contribution in [0.1, 0.15) is 9.67 Å². The van der Waals surface area contributed by atoms with Crippen molar-refractivity contribution in [2.45, 2.75) is 0 Å². The Morgan fingerprint density at radius 2 is 2.43 bits per heavy atom. The van der Waals surface area contributed by atoms with Gasteiger partial charge in [0.05, 0.1) is 12.0 Å². The summed E-state index contributed by atoms with van der Waals surface area (Å²) in [6.45, 7) is 0. The molecular weight excluding hydrogens is 204 g/mol. The fraction of sp³-hybridized carbons (Fsp3) is 0.143. The molecule has 6 nitrogen and oxygen atoms in total. The summed E-state index contributed by atoms with van der Waals surface area (Å²) in [6, 6.07) is 3.42. The van der Waals surface area contributed by atoms with Gasteiger partial charge in [-0.15, -0.1) is 21.5 Å². The Kier molecular flexibility index (Phi) is 2.23. The minimum absolute atomic E-state index is 0.357. The van der Waals surface area contributed by atoms with Crippen molar-refractivity contribution >= 4 is 17.3 Å². The molecule has 7 heteroatoms. The van der Waals surface area contributed by atoms with Crippen molar-refractivity contribution in [3.63, 3.8) is 0 Å². The van der Waals surface area contributed by atoms with E-state index in [4.69, 9.17) is 0 Å². The maximum absolute atomic E-state index is 11.1. The Labute approximate surface area is 82.9 Å². The summed E-state index contributed by atoms with van der Waals surface area (Å²) in [5.74, 6) is 0.120. The van der Waals surface area contributed by atoms with Crippen LogP contribution < -0.4 is 0 Å². The number of hydrogen-bond acceptors (Lipinski definition) is 6. The topological polar surface area (TPSA) is 80.8 Å². The molecule has 0 aliphatic rings. The Bertz CT molecular complexity index is 436. The second-order valence-corrected chi connectivity index (χ2v) is 3.47. The molecule has 72 valence electrons. The van der Waals surface area contributed by atoms with Gasteiger partial charge in [0.1, 0.15) is 4.88 Å². The van der Waals surface area contributed by atoms with Crippen LogP contribution in [0.15, 0.2) is 12.1 Å². The fourth-order valence-electron chi connectivity index (χ4n) is 0.935. The Morgan fingerprint density at radius 3 is 3.07 bits per heavy atom. The SMILES string of the molecule is COC(=O)c1ccc(-c2nn[nH]n2)s1. The van der Waals surface area contributed by atoms with Crippen LogP contribution in [0, 0.1) is 0 Å². The minimum atomic E-state index is -0.357. The number of ether oxygens (including phenoxy) is 1. The van der Waals surface area contributed by atoms with Gasteiger partial charge in [0.25, 0.3) is 0 Å². The lowest BCUT2D eigenvalue weighted by Crippen LogP contribution is -1.96. The Balaban J connectivity index is 2.31. The molecule has 0 fully saturated rings. The number of hydrogen-bond donors (Lipinski definition) is 1. The molecule has 0 aliphatic heterocycles. The number of carbonyl (C=O) groups excluding carboxylic acids is 1. The van der Waals surface area contributed by atoms with Gasteiger partial charge in [-0.3, -0.25) is 0 Å². The number of rotatable bonds is 2. The molecule has 0 radical (unpaired) electrons. The second-order valence-electron chi connectivity index (χ2n) is 2.39. The second kappa shape index (κ2) is 3.54. The van der Waals surface area contributed by atoms with Crippen molar-refractivity contribution in [2.75, 3.05) is 7.11 Å². The Hall–Kier alpha value is -1.76. The van der Waals surface area contributed by atoms with Crippen molar-refractivity contribution in [3.05, 3.63) is 17.0 Å². The number of esters is 1. The highest BCUT2D eigenvalue weighted by molar-refractivity contribution is 7.17. The normalized spacial score (nSPS) is 10.1. The van der Waals surface area contributed by atoms with Crippen LogP contribution in [-0.4, -0.2) is 33.7 Å². The molecular formula is C7H6N4O2S. The lowest BCUT2D eigenvalue weighted by Gasteiger charge is -1.91. The number of thiophene rings is 1. The third-order valence-corrected chi connectivity index (χ3v) is 2.62. The monoisotopic (exact) mass is 210 g/mol. The standard InChI is InChI=1S/C7H6N4O2S/c1-13-7(12)5-3-2-4(14-5)6-8-10-11-9-6/h2-3H,1H3,(H,8,9,10,11). The number of methoxy groups -OCH3 is 1. The smallest absolute Gasteiger partial charge is 0.348 e. The first-order valence-corrected chi connectivity index (χ1v) is 4.55. The van der Waals surface area contributed by atoms with Gasteiger partial charge in [0, 0.05) is 0 Å². The molecule has 2 heterocycles. The molecule has 0 aromatic carbocycles. The molecule has 1 N–H and O–H groups in total. The summed E-state index contributed by atoms with van der Waals surface area (Å²) in [6.07, 6.45) is 0. The van der Waals surface area contributed by atoms with Crippen LogP contribution in [-0.2, 0) is 4.74 Å². The van der Waals surface area contributed by atoms with Crippen LogP contribution in [0.2, 0.25) is 0 Å². The number of aromatic amines is 1. The van der Waals surface area contributed by atoms with Crippen LogP contribution >= 0.6 is 11.3 Å². The van der Waals surface area contributed by atoms with Crippen LogP contribution in [0.5, 0.6) is 0 Å². The molecule has 2 aromatic heterocycles. The number of carbonyl (C=O) groups is 1. The molecule has 0 saturated carbocycles. The van der Waals surface area contributed by atoms with E-state index in [1.54, 1.807) is 12.1 Å². The molecule has 2 aromatic rings. The third-order valence-electron chi connectivity index (χ3n) is 1.56. The van der Waals surface area contributed by atoms with E-state index in [-0.39, 0.29) is 5.97 Å². The number of nitrogens with zero attached hydrogens (tertiary/aromatic N) is 3. The van der Waals surface area contributed by atoms with E-state index < -0.39 is 0 Å². The van der Waals surface area contributed by atoms with Gasteiger partial charge in [-0.2, -0.15) is 5.21 Å². The molecule has 14 heavy (non-hydrogen) atoms. The van der Waals surface area contributed by atoms with Crippen molar-refractivity contribution in [3.8, 4) is 10.7 Å². The van der Waals surface area contributed by atoms with E-state index in [0.29, 0.717) is 10.7 Å². The van der Waals surface area contributed by atoms with Crippen LogP contribution in [0.4, 0.5) is 0 Å². The number of tetrazole rings is 1. The van der Waals surface area contributed by atoms with Gasteiger partial charge in [0.2, 0.25) is 5.82 Å². The molecule has 0 spiro atoms. The Morgan fingerprint density at radius 1 is 1.57 bits per heavy atom. The molecule has 0 amide bonds. The van der Waals surface area contributed by atoms with Crippen molar-refractivity contribution in [1.82, 2.24) is 20.6 Å². The summed E-state index contributed by atoms with van der Waals surface area (Å²) in [5, 5.41) is 13.4. The van der Waals surface area contributed by atoms with Crippen molar-refractivity contribution < 1.29 is 9.53 Å². The maximum atomic E-state index is 11.1. The van der Waals surface area contributed by atoms with Gasteiger partial charge in [-0.05, 0) is 17.3 Å². The predicted octanol–water partition coefficient (Wildman–Crippen LogP) is 0.715. The fourth-order valence-corrected chi connectivity index (χ4v) is 1.79. The van der Waals surface area contributed by atoms with Crippen LogP contribution in [0.25, 0.3) is 10.7 Å². The molecule has 0 atom stereocenters. The van der Waals surface area contributed by atoms with E-state index in [1.165, 1.54) is 18.4 Å². The zero-order valence-corrected chi connectivity index (χ0v) is 8.04. The summed E-state index contributed by atoms with van der Waals surface area (Å²) < 4.78 is 4.57. The van der Waals surface area contributed by atoms with Gasteiger partial charge < -0.3 is 4.74 Å². The lowest BCUT2D eigenvalue weighted by molar-refractivity contribution is 0.0606. The summed E-state index contributed by atoms with van der Waals surface area (Å²) in [4.78, 5) is 12.4. The van der Waals surface area contributed by atoms with E-state index in [1.807, 2.05) is 0 Å². The molecule has 2 rings (SSSR count). The van der Waals surface area contributed by atoms with Crippen molar-refractivity contribution in [2.24, 2.45) is 0 Å². The predicted molar refractivity (Wildman–Crippen MR) is 48.8 cm³/mol. The highest BCUT2D eigenvalue weighted by Gasteiger charge is 2.12. The van der Waals surface area contributed by atoms with E-state index in [0.717, 1.165) is 4.88 Å². The summed E-state index contributed by atoms with van der Waals surface area (Å²) in [7, 11) is 1.34. The zero-order chi connectivity index (χ0) is 9.97. The van der Waals surface area contributed by atoms with Gasteiger partial charge in [-0.1, -0.05) is 0 Å². The molecule has 0 unspecified atom stereocenters. The average molecular weight is 210 g/mol. The van der Waals surface area contributed by atoms with Gasteiger partial charge in [-0.25, -0.2) is 4.79 Å². The highest BCUT2D eigenvalue weighted by Crippen LogP contribution is 2.24. The first kappa shape index (κ1) is 8.82. The molecule has 0 saturated heterocycles. The largest absolute Gasteiger partial charge is 0.465 e. The summed E-state index contributed by atoms with van der Waals surface area (Å²) in [5.41, 5.74) is 0. The van der Waals surface area contributed by atoms with E-state index in [2.05, 4.69) is 25.4 Å². The number of nitrogens with one attached hydrogen (secondary N) is 1. The van der Waals surface area contributed by atoms with E-state index >= 15 is 0 Å². The quantitative estimate of drug-likeness (QED) is 0.738.